The van der Waals surface area contributed by atoms with Gasteiger partial charge in [-0.05, 0) is 36.8 Å². The molecule has 0 aliphatic carbocycles. The van der Waals surface area contributed by atoms with Gasteiger partial charge in [-0.15, -0.1) is 0 Å². The van der Waals surface area contributed by atoms with Gasteiger partial charge in [-0.2, -0.15) is 0 Å². The normalized spacial score (nSPS) is 20.0. The van der Waals surface area contributed by atoms with Gasteiger partial charge in [-0.25, -0.2) is 0 Å². The maximum absolute atomic E-state index is 12.8. The molecule has 21 heavy (non-hydrogen) atoms. The van der Waals surface area contributed by atoms with Crippen molar-refractivity contribution in [3.8, 4) is 0 Å². The van der Waals surface area contributed by atoms with Crippen LogP contribution in [-0.4, -0.2) is 23.9 Å². The van der Waals surface area contributed by atoms with E-state index in [4.69, 9.17) is 17.3 Å². The quantitative estimate of drug-likeness (QED) is 0.903. The van der Waals surface area contributed by atoms with Gasteiger partial charge in [0.1, 0.15) is 0 Å². The van der Waals surface area contributed by atoms with E-state index < -0.39 is 0 Å². The van der Waals surface area contributed by atoms with Crippen LogP contribution in [-0.2, 0) is 4.79 Å². The molecule has 1 aromatic carbocycles. The average molecular weight is 309 g/mol. The number of hydrogen-bond acceptors (Lipinski definition) is 2. The van der Waals surface area contributed by atoms with Crippen LogP contribution in [0, 0.1) is 11.8 Å². The molecule has 116 valence electrons. The van der Waals surface area contributed by atoms with Crippen LogP contribution in [0.5, 0.6) is 0 Å². The lowest BCUT2D eigenvalue weighted by molar-refractivity contribution is -0.136. The summed E-state index contributed by atoms with van der Waals surface area (Å²) in [5, 5.41) is 0.746. The highest BCUT2D eigenvalue weighted by molar-refractivity contribution is 6.31. The van der Waals surface area contributed by atoms with Gasteiger partial charge in [0.25, 0.3) is 0 Å². The molecule has 0 spiro atoms. The Kier molecular flexibility index (Phi) is 5.65. The highest BCUT2D eigenvalue weighted by atomic mass is 35.5. The summed E-state index contributed by atoms with van der Waals surface area (Å²) in [6.07, 6.45) is 2.86. The third-order valence-corrected chi connectivity index (χ3v) is 4.53. The zero-order valence-corrected chi connectivity index (χ0v) is 13.6. The molecule has 1 heterocycles. The third kappa shape index (κ3) is 3.78. The van der Waals surface area contributed by atoms with Gasteiger partial charge in [0.2, 0.25) is 5.91 Å². The van der Waals surface area contributed by atoms with Crippen molar-refractivity contribution in [3.05, 3.63) is 34.9 Å². The van der Waals surface area contributed by atoms with E-state index in [1.807, 2.05) is 29.2 Å². The van der Waals surface area contributed by atoms with E-state index in [0.29, 0.717) is 12.5 Å². The first-order valence-corrected chi connectivity index (χ1v) is 8.17. The van der Waals surface area contributed by atoms with Gasteiger partial charge >= 0.3 is 0 Å². The minimum atomic E-state index is -0.0758. The number of amides is 1. The zero-order chi connectivity index (χ0) is 15.4. The SMILES string of the molecule is CC(C)CC(CN)C(=O)N1CCCC1c1ccccc1Cl. The molecule has 0 aromatic heterocycles. The van der Waals surface area contributed by atoms with Crippen molar-refractivity contribution in [2.45, 2.75) is 39.2 Å². The number of carbonyl (C=O) groups excluding carboxylic acids is 1. The fraction of sp³-hybridized carbons (Fsp3) is 0.588. The van der Waals surface area contributed by atoms with Crippen molar-refractivity contribution in [1.29, 1.82) is 0 Å². The smallest absolute Gasteiger partial charge is 0.227 e. The number of carbonyl (C=O) groups is 1. The Balaban J connectivity index is 2.18. The molecule has 2 unspecified atom stereocenters. The number of nitrogens with two attached hydrogens (primary N) is 1. The second-order valence-corrected chi connectivity index (χ2v) is 6.68. The lowest BCUT2D eigenvalue weighted by atomic mass is 9.95. The van der Waals surface area contributed by atoms with Gasteiger partial charge in [0.05, 0.1) is 12.0 Å². The summed E-state index contributed by atoms with van der Waals surface area (Å²) in [7, 11) is 0. The Morgan fingerprint density at radius 3 is 2.76 bits per heavy atom. The number of likely N-dealkylation sites (tertiary alicyclic amines) is 1. The summed E-state index contributed by atoms with van der Waals surface area (Å²) in [6, 6.07) is 7.93. The second kappa shape index (κ2) is 7.28. The first kappa shape index (κ1) is 16.3. The van der Waals surface area contributed by atoms with Crippen LogP contribution in [0.2, 0.25) is 5.02 Å². The van der Waals surface area contributed by atoms with E-state index >= 15 is 0 Å². The minimum absolute atomic E-state index is 0.0758. The lowest BCUT2D eigenvalue weighted by Crippen LogP contribution is -2.39. The standard InChI is InChI=1S/C17H25ClN2O/c1-12(2)10-13(11-19)17(21)20-9-5-8-16(20)14-6-3-4-7-15(14)18/h3-4,6-7,12-13,16H,5,8-11,19H2,1-2H3. The summed E-state index contributed by atoms with van der Waals surface area (Å²) in [5.41, 5.74) is 6.89. The molecule has 2 N–H and O–H groups in total. The Labute approximate surface area is 132 Å². The Morgan fingerprint density at radius 2 is 2.14 bits per heavy atom. The summed E-state index contributed by atoms with van der Waals surface area (Å²) in [6.45, 7) is 5.49. The zero-order valence-electron chi connectivity index (χ0n) is 12.9. The highest BCUT2D eigenvalue weighted by Crippen LogP contribution is 2.36. The maximum atomic E-state index is 12.8. The number of hydrogen-bond donors (Lipinski definition) is 1. The third-order valence-electron chi connectivity index (χ3n) is 4.19. The molecule has 1 saturated heterocycles. The van der Waals surface area contributed by atoms with Crippen molar-refractivity contribution in [2.75, 3.05) is 13.1 Å². The van der Waals surface area contributed by atoms with E-state index in [1.54, 1.807) is 0 Å². The number of nitrogens with zero attached hydrogens (tertiary/aromatic N) is 1. The molecule has 1 aliphatic rings. The molecule has 1 aliphatic heterocycles. The average Bonchev–Trinajstić information content (AvgIpc) is 2.93. The predicted octanol–water partition coefficient (Wildman–Crippen LogP) is 3.62. The van der Waals surface area contributed by atoms with Crippen LogP contribution >= 0.6 is 11.6 Å². The van der Waals surface area contributed by atoms with Crippen LogP contribution < -0.4 is 5.73 Å². The number of benzene rings is 1. The van der Waals surface area contributed by atoms with Gasteiger partial charge < -0.3 is 10.6 Å². The molecule has 1 fully saturated rings. The van der Waals surface area contributed by atoms with Crippen LogP contribution in [0.15, 0.2) is 24.3 Å². The van der Waals surface area contributed by atoms with Crippen molar-refractivity contribution in [1.82, 2.24) is 4.90 Å². The van der Waals surface area contributed by atoms with Crippen molar-refractivity contribution in [2.24, 2.45) is 17.6 Å². The van der Waals surface area contributed by atoms with Crippen LogP contribution in [0.1, 0.15) is 44.7 Å². The molecule has 1 aromatic rings. The molecule has 0 bridgehead atoms. The first-order valence-electron chi connectivity index (χ1n) is 7.79. The molecule has 4 heteroatoms. The van der Waals surface area contributed by atoms with Gasteiger partial charge in [-0.1, -0.05) is 43.6 Å². The number of rotatable bonds is 5. The number of halogens is 1. The summed E-state index contributed by atoms with van der Waals surface area (Å²) in [5.74, 6) is 0.588. The molecule has 0 radical (unpaired) electrons. The van der Waals surface area contributed by atoms with Gasteiger partial charge in [0, 0.05) is 18.1 Å². The Morgan fingerprint density at radius 1 is 1.43 bits per heavy atom. The molecule has 0 saturated carbocycles. The summed E-state index contributed by atoms with van der Waals surface area (Å²) < 4.78 is 0. The highest BCUT2D eigenvalue weighted by Gasteiger charge is 2.34. The Bertz CT molecular complexity index is 489. The Hall–Kier alpha value is -1.06. The van der Waals surface area contributed by atoms with Crippen molar-refractivity contribution >= 4 is 17.5 Å². The van der Waals surface area contributed by atoms with Crippen LogP contribution in [0.25, 0.3) is 0 Å². The lowest BCUT2D eigenvalue weighted by Gasteiger charge is -2.30. The molecular formula is C17H25ClN2O. The van der Waals surface area contributed by atoms with E-state index in [1.165, 1.54) is 0 Å². The second-order valence-electron chi connectivity index (χ2n) is 6.27. The fourth-order valence-corrected chi connectivity index (χ4v) is 3.46. The van der Waals surface area contributed by atoms with E-state index in [-0.39, 0.29) is 17.9 Å². The predicted molar refractivity (Wildman–Crippen MR) is 87.1 cm³/mol. The first-order chi connectivity index (χ1) is 10.0. The summed E-state index contributed by atoms with van der Waals surface area (Å²) >= 11 is 6.31. The van der Waals surface area contributed by atoms with Gasteiger partial charge in [0.15, 0.2) is 0 Å². The molecular weight excluding hydrogens is 284 g/mol. The van der Waals surface area contributed by atoms with E-state index in [2.05, 4.69) is 13.8 Å². The minimum Gasteiger partial charge on any atom is -0.335 e. The van der Waals surface area contributed by atoms with E-state index in [9.17, 15) is 4.79 Å². The molecule has 2 rings (SSSR count). The molecule has 3 nitrogen and oxygen atoms in total. The molecule has 2 atom stereocenters. The van der Waals surface area contributed by atoms with Gasteiger partial charge in [-0.3, -0.25) is 4.79 Å². The van der Waals surface area contributed by atoms with E-state index in [0.717, 1.165) is 36.4 Å². The van der Waals surface area contributed by atoms with Crippen LogP contribution in [0.3, 0.4) is 0 Å². The maximum Gasteiger partial charge on any atom is 0.227 e. The largest absolute Gasteiger partial charge is 0.335 e. The van der Waals surface area contributed by atoms with Crippen molar-refractivity contribution < 1.29 is 4.79 Å². The topological polar surface area (TPSA) is 46.3 Å². The van der Waals surface area contributed by atoms with Crippen LogP contribution in [0.4, 0.5) is 0 Å². The van der Waals surface area contributed by atoms with Crippen molar-refractivity contribution in [3.63, 3.8) is 0 Å². The molecule has 1 amide bonds. The summed E-state index contributed by atoms with van der Waals surface area (Å²) in [4.78, 5) is 14.8. The fourth-order valence-electron chi connectivity index (χ4n) is 3.20. The monoisotopic (exact) mass is 308 g/mol.